The Labute approximate surface area is 240 Å². The van der Waals surface area contributed by atoms with E-state index in [-0.39, 0.29) is 18.0 Å². The molecule has 14 nitrogen and oxygen atoms in total. The summed E-state index contributed by atoms with van der Waals surface area (Å²) in [7, 11) is -4.17. The molecule has 1 unspecified atom stereocenters. The lowest BCUT2D eigenvalue weighted by atomic mass is 10.2. The monoisotopic (exact) mass is 602 g/mol. The second kappa shape index (κ2) is 15.7. The summed E-state index contributed by atoms with van der Waals surface area (Å²) >= 11 is 0. The summed E-state index contributed by atoms with van der Waals surface area (Å²) in [5, 5.41) is 18.6. The third-order valence-corrected chi connectivity index (χ3v) is 6.57. The van der Waals surface area contributed by atoms with Crippen LogP contribution in [0.2, 0.25) is 0 Å². The largest absolute Gasteiger partial charge is 0.459 e. The maximum atomic E-state index is 13.6. The molecule has 41 heavy (non-hydrogen) atoms. The second-order valence-corrected chi connectivity index (χ2v) is 13.0. The highest BCUT2D eigenvalue weighted by Crippen LogP contribution is 2.45. The summed E-state index contributed by atoms with van der Waals surface area (Å²) in [5.41, 5.74) is -1.53. The number of nitro groups is 1. The molecule has 3 atom stereocenters. The molecule has 0 spiro atoms. The number of esters is 1. The molecule has 0 aliphatic heterocycles. The predicted octanol–water partition coefficient (Wildman–Crippen LogP) is 4.62. The Hall–Kier alpha value is -3.22. The Balaban J connectivity index is 2.78. The van der Waals surface area contributed by atoms with Crippen LogP contribution in [-0.2, 0) is 28.2 Å². The number of rotatable bonds is 15. The minimum Gasteiger partial charge on any atom is -0.458 e. The van der Waals surface area contributed by atoms with Gasteiger partial charge in [-0.1, -0.05) is 0 Å². The summed E-state index contributed by atoms with van der Waals surface area (Å²) < 4.78 is 35.1. The number of carbonyl (C=O) groups is 3. The van der Waals surface area contributed by atoms with Crippen LogP contribution in [0.25, 0.3) is 0 Å². The van der Waals surface area contributed by atoms with E-state index in [1.165, 1.54) is 38.1 Å². The molecule has 0 aliphatic rings. The molecule has 0 radical (unpaired) electrons. The fourth-order valence-electron chi connectivity index (χ4n) is 3.03. The minimum atomic E-state index is -4.17. The van der Waals surface area contributed by atoms with Gasteiger partial charge in [-0.2, -0.15) is 5.09 Å². The van der Waals surface area contributed by atoms with Crippen LogP contribution in [0.1, 0.15) is 74.7 Å². The zero-order valence-corrected chi connectivity index (χ0v) is 25.9. The van der Waals surface area contributed by atoms with Gasteiger partial charge in [0.25, 0.3) is 5.69 Å². The SMILES string of the molecule is C[C@H](NP(=O)(OCCCCCNC(=O)OC(C)(C)C)Oc1ccc([N+](=O)[O-])cc1)C(=O)N[C@@H](C)C(=O)OC(C)(C)C. The van der Waals surface area contributed by atoms with Crippen LogP contribution < -0.4 is 20.2 Å². The maximum Gasteiger partial charge on any atom is 0.459 e. The number of nitrogens with one attached hydrogen (secondary N) is 3. The summed E-state index contributed by atoms with van der Waals surface area (Å²) in [6.45, 7) is 13.6. The number of alkyl carbamates (subject to hydrolysis) is 1. The fourth-order valence-corrected chi connectivity index (χ4v) is 4.57. The molecule has 0 fully saturated rings. The lowest BCUT2D eigenvalue weighted by Crippen LogP contribution is -2.48. The number of nitro benzene ring substituents is 1. The van der Waals surface area contributed by atoms with E-state index in [2.05, 4.69) is 15.7 Å². The molecule has 232 valence electrons. The molecule has 0 aromatic heterocycles. The number of non-ortho nitro benzene ring substituents is 1. The summed E-state index contributed by atoms with van der Waals surface area (Å²) in [6, 6.07) is 2.77. The van der Waals surface area contributed by atoms with E-state index in [1.807, 2.05) is 0 Å². The van der Waals surface area contributed by atoms with Gasteiger partial charge in [0, 0.05) is 18.7 Å². The Bertz CT molecular complexity index is 1080. The first-order valence-corrected chi connectivity index (χ1v) is 14.8. The van der Waals surface area contributed by atoms with E-state index in [1.54, 1.807) is 41.5 Å². The number of carbonyl (C=O) groups excluding carboxylic acids is 3. The Morgan fingerprint density at radius 1 is 0.927 bits per heavy atom. The molecule has 1 aromatic rings. The van der Waals surface area contributed by atoms with Crippen LogP contribution in [0, 0.1) is 10.1 Å². The van der Waals surface area contributed by atoms with E-state index < -0.39 is 53.9 Å². The van der Waals surface area contributed by atoms with Gasteiger partial charge in [-0.3, -0.25) is 19.4 Å². The highest BCUT2D eigenvalue weighted by Gasteiger charge is 2.33. The summed E-state index contributed by atoms with van der Waals surface area (Å²) in [4.78, 5) is 47.0. The third-order valence-electron chi connectivity index (χ3n) is 4.89. The zero-order chi connectivity index (χ0) is 31.4. The smallest absolute Gasteiger partial charge is 0.458 e. The fraction of sp³-hybridized carbons (Fsp3) is 0.654. The molecular weight excluding hydrogens is 559 g/mol. The van der Waals surface area contributed by atoms with Crippen molar-refractivity contribution < 1.29 is 42.4 Å². The molecule has 2 amide bonds. The van der Waals surface area contributed by atoms with E-state index in [0.29, 0.717) is 25.8 Å². The number of hydrogen-bond acceptors (Lipinski definition) is 10. The van der Waals surface area contributed by atoms with Crippen molar-refractivity contribution in [1.29, 1.82) is 0 Å². The normalized spacial score (nSPS) is 14.6. The van der Waals surface area contributed by atoms with Crippen molar-refractivity contribution in [2.24, 2.45) is 0 Å². The van der Waals surface area contributed by atoms with E-state index in [0.717, 1.165) is 0 Å². The highest BCUT2D eigenvalue weighted by atomic mass is 31.2. The van der Waals surface area contributed by atoms with Crippen LogP contribution in [0.3, 0.4) is 0 Å². The lowest BCUT2D eigenvalue weighted by Gasteiger charge is -2.25. The van der Waals surface area contributed by atoms with Gasteiger partial charge in [0.2, 0.25) is 5.91 Å². The quantitative estimate of drug-likeness (QED) is 0.0837. The molecule has 15 heteroatoms. The van der Waals surface area contributed by atoms with Crippen molar-refractivity contribution in [1.82, 2.24) is 15.7 Å². The Kier molecular flexibility index (Phi) is 13.7. The Morgan fingerprint density at radius 3 is 2.05 bits per heavy atom. The molecule has 1 rings (SSSR count). The van der Waals surface area contributed by atoms with Gasteiger partial charge >= 0.3 is 19.8 Å². The van der Waals surface area contributed by atoms with E-state index in [4.69, 9.17) is 18.5 Å². The number of nitrogens with zero attached hydrogens (tertiary/aromatic N) is 1. The first-order valence-electron chi connectivity index (χ1n) is 13.3. The first-order chi connectivity index (χ1) is 18.8. The van der Waals surface area contributed by atoms with Gasteiger partial charge in [-0.15, -0.1) is 0 Å². The van der Waals surface area contributed by atoms with Crippen molar-refractivity contribution >= 4 is 31.4 Å². The second-order valence-electron chi connectivity index (χ2n) is 11.3. The summed E-state index contributed by atoms with van der Waals surface area (Å²) in [5.74, 6) is -1.28. The number of hydrogen-bond donors (Lipinski definition) is 3. The molecule has 3 N–H and O–H groups in total. The number of benzene rings is 1. The average Bonchev–Trinajstić information content (AvgIpc) is 2.81. The third kappa shape index (κ3) is 15.4. The average molecular weight is 603 g/mol. The number of unbranched alkanes of at least 4 members (excludes halogenated alkanes) is 2. The highest BCUT2D eigenvalue weighted by molar-refractivity contribution is 7.52. The van der Waals surface area contributed by atoms with Gasteiger partial charge in [-0.05, 0) is 86.8 Å². The van der Waals surface area contributed by atoms with Crippen molar-refractivity contribution in [2.75, 3.05) is 13.2 Å². The van der Waals surface area contributed by atoms with Crippen LogP contribution in [0.4, 0.5) is 10.5 Å². The van der Waals surface area contributed by atoms with Crippen molar-refractivity contribution in [3.63, 3.8) is 0 Å². The standard InChI is InChI=1S/C26H43N4O10P/c1-18(22(31)28-19(2)23(32)38-25(3,4)5)29-41(36,40-21-14-12-20(13-15-21)30(34)35)37-17-11-9-10-16-27-24(33)39-26(6,7)8/h12-15,18-19H,9-11,16-17H2,1-8H3,(H,27,33)(H,28,31)(H,29,36)/t18-,19-,41?/m0/s1. The molecular formula is C26H43N4O10P. The van der Waals surface area contributed by atoms with Crippen LogP contribution in [-0.4, -0.2) is 59.3 Å². The van der Waals surface area contributed by atoms with Gasteiger partial charge in [0.05, 0.1) is 17.6 Å². The van der Waals surface area contributed by atoms with Crippen LogP contribution in [0.5, 0.6) is 5.75 Å². The maximum absolute atomic E-state index is 13.6. The van der Waals surface area contributed by atoms with E-state index >= 15 is 0 Å². The van der Waals surface area contributed by atoms with Gasteiger partial charge in [0.15, 0.2) is 0 Å². The lowest BCUT2D eigenvalue weighted by molar-refractivity contribution is -0.384. The topological polar surface area (TPSA) is 184 Å². The van der Waals surface area contributed by atoms with Gasteiger partial charge in [0.1, 0.15) is 23.0 Å². The molecule has 0 saturated carbocycles. The van der Waals surface area contributed by atoms with Crippen molar-refractivity contribution in [3.05, 3.63) is 34.4 Å². The van der Waals surface area contributed by atoms with Crippen LogP contribution >= 0.6 is 7.75 Å². The number of ether oxygens (including phenoxy) is 2. The molecule has 0 saturated heterocycles. The zero-order valence-electron chi connectivity index (χ0n) is 25.0. The summed E-state index contributed by atoms with van der Waals surface area (Å²) in [6.07, 6.45) is 1.13. The molecule has 0 bridgehead atoms. The molecule has 1 aromatic carbocycles. The van der Waals surface area contributed by atoms with Crippen LogP contribution in [0.15, 0.2) is 24.3 Å². The van der Waals surface area contributed by atoms with Gasteiger partial charge in [-0.25, -0.2) is 14.2 Å². The minimum absolute atomic E-state index is 0.0164. The van der Waals surface area contributed by atoms with Crippen molar-refractivity contribution in [2.45, 2.75) is 97.9 Å². The first kappa shape index (κ1) is 35.8. The molecule has 0 heterocycles. The predicted molar refractivity (Wildman–Crippen MR) is 151 cm³/mol. The number of amides is 2. The Morgan fingerprint density at radius 2 is 1.51 bits per heavy atom. The molecule has 0 aliphatic carbocycles. The van der Waals surface area contributed by atoms with E-state index in [9.17, 15) is 29.1 Å². The van der Waals surface area contributed by atoms with Gasteiger partial charge < -0.3 is 24.6 Å². The van der Waals surface area contributed by atoms with Crippen molar-refractivity contribution in [3.8, 4) is 5.75 Å².